The van der Waals surface area contributed by atoms with Gasteiger partial charge in [0, 0.05) is 23.9 Å². The van der Waals surface area contributed by atoms with E-state index in [4.69, 9.17) is 0 Å². The van der Waals surface area contributed by atoms with Crippen LogP contribution < -0.4 is 5.32 Å². The number of esters is 1. The predicted octanol–water partition coefficient (Wildman–Crippen LogP) is 1.12. The molecule has 1 heterocycles. The number of aromatic nitrogens is 1. The van der Waals surface area contributed by atoms with Crippen LogP contribution in [0.15, 0.2) is 24.4 Å². The van der Waals surface area contributed by atoms with Crippen LogP contribution in [0, 0.1) is 0 Å². The van der Waals surface area contributed by atoms with E-state index in [0.29, 0.717) is 6.54 Å². The molecule has 0 unspecified atom stereocenters. The first-order valence-corrected chi connectivity index (χ1v) is 5.25. The van der Waals surface area contributed by atoms with E-state index in [1.54, 1.807) is 6.20 Å². The van der Waals surface area contributed by atoms with E-state index in [9.17, 15) is 4.79 Å². The fraction of sp³-hybridized carbons (Fsp3) is 0.500. The first-order chi connectivity index (χ1) is 7.56. The number of methoxy groups -OCH3 is 1. The summed E-state index contributed by atoms with van der Waals surface area (Å²) >= 11 is 0. The number of pyridine rings is 1. The molecule has 1 aromatic heterocycles. The van der Waals surface area contributed by atoms with Crippen molar-refractivity contribution in [3.63, 3.8) is 0 Å². The van der Waals surface area contributed by atoms with E-state index in [1.807, 2.05) is 18.2 Å². The molecule has 0 spiro atoms. The molecular weight excluding hydrogens is 204 g/mol. The van der Waals surface area contributed by atoms with Gasteiger partial charge in [-0.25, -0.2) is 0 Å². The summed E-state index contributed by atoms with van der Waals surface area (Å²) in [6, 6.07) is 5.84. The molecule has 0 fully saturated rings. The molecule has 0 aliphatic heterocycles. The summed E-state index contributed by atoms with van der Waals surface area (Å²) in [6.07, 6.45) is 1.78. The van der Waals surface area contributed by atoms with Gasteiger partial charge in [0.25, 0.3) is 0 Å². The van der Waals surface area contributed by atoms with Crippen molar-refractivity contribution in [1.29, 1.82) is 0 Å². The molecule has 0 saturated carbocycles. The minimum Gasteiger partial charge on any atom is -0.468 e. The van der Waals surface area contributed by atoms with E-state index in [-0.39, 0.29) is 17.9 Å². The average molecular weight is 222 g/mol. The van der Waals surface area contributed by atoms with Gasteiger partial charge in [0.1, 0.15) is 0 Å². The fourth-order valence-electron chi connectivity index (χ4n) is 1.40. The number of hydrogen-bond donors (Lipinski definition) is 1. The third-order valence-corrected chi connectivity index (χ3v) is 2.42. The Balaban J connectivity index is 2.49. The summed E-state index contributed by atoms with van der Waals surface area (Å²) in [5.74, 6) is -0.253. The summed E-state index contributed by atoms with van der Waals surface area (Å²) in [5.41, 5.74) is 0.905. The van der Waals surface area contributed by atoms with Crippen molar-refractivity contribution < 1.29 is 9.53 Å². The molecule has 0 aliphatic carbocycles. The lowest BCUT2D eigenvalue weighted by molar-refractivity contribution is -0.139. The lowest BCUT2D eigenvalue weighted by Gasteiger charge is -2.24. The first kappa shape index (κ1) is 12.6. The number of carbonyl (C=O) groups excluding carboxylic acids is 1. The summed E-state index contributed by atoms with van der Waals surface area (Å²) < 4.78 is 4.55. The minimum atomic E-state index is -0.253. The molecule has 0 aliphatic rings. The van der Waals surface area contributed by atoms with Crippen molar-refractivity contribution in [2.75, 3.05) is 20.2 Å². The van der Waals surface area contributed by atoms with Gasteiger partial charge < -0.3 is 10.1 Å². The molecule has 88 valence electrons. The van der Waals surface area contributed by atoms with Crippen molar-refractivity contribution in [2.45, 2.75) is 19.3 Å². The van der Waals surface area contributed by atoms with Gasteiger partial charge in [-0.1, -0.05) is 19.9 Å². The van der Waals surface area contributed by atoms with Crippen molar-refractivity contribution in [1.82, 2.24) is 10.3 Å². The number of nitrogens with zero attached hydrogens (tertiary/aromatic N) is 1. The molecule has 4 heteroatoms. The third-order valence-electron chi connectivity index (χ3n) is 2.42. The molecule has 1 rings (SSSR count). The third kappa shape index (κ3) is 3.62. The van der Waals surface area contributed by atoms with E-state index in [2.05, 4.69) is 28.9 Å². The van der Waals surface area contributed by atoms with Crippen molar-refractivity contribution in [3.05, 3.63) is 30.1 Å². The van der Waals surface area contributed by atoms with Gasteiger partial charge in [-0.15, -0.1) is 0 Å². The van der Waals surface area contributed by atoms with Crippen LogP contribution in [0.2, 0.25) is 0 Å². The van der Waals surface area contributed by atoms with E-state index in [0.717, 1.165) is 5.69 Å². The molecule has 16 heavy (non-hydrogen) atoms. The Bertz CT molecular complexity index is 336. The van der Waals surface area contributed by atoms with Gasteiger partial charge in [-0.05, 0) is 12.1 Å². The minimum absolute atomic E-state index is 0.102. The highest BCUT2D eigenvalue weighted by Gasteiger charge is 2.21. The monoisotopic (exact) mass is 222 g/mol. The zero-order valence-corrected chi connectivity index (χ0v) is 9.99. The van der Waals surface area contributed by atoms with Crippen molar-refractivity contribution in [2.24, 2.45) is 0 Å². The largest absolute Gasteiger partial charge is 0.468 e. The number of carbonyl (C=O) groups is 1. The quantitative estimate of drug-likeness (QED) is 0.759. The second-order valence-corrected chi connectivity index (χ2v) is 4.28. The second kappa shape index (κ2) is 5.61. The highest BCUT2D eigenvalue weighted by molar-refractivity contribution is 5.71. The first-order valence-electron chi connectivity index (χ1n) is 5.25. The standard InChI is InChI=1S/C12H18N2O2/c1-12(2,9-13-8-11(15)16-3)10-6-4-5-7-14-10/h4-7,13H,8-9H2,1-3H3. The van der Waals surface area contributed by atoms with E-state index in [1.165, 1.54) is 7.11 Å². The maximum atomic E-state index is 10.9. The Labute approximate surface area is 96.0 Å². The number of hydrogen-bond acceptors (Lipinski definition) is 4. The number of ether oxygens (including phenoxy) is 1. The van der Waals surface area contributed by atoms with Crippen LogP contribution in [0.4, 0.5) is 0 Å². The number of nitrogens with one attached hydrogen (secondary N) is 1. The van der Waals surface area contributed by atoms with Gasteiger partial charge in [0.15, 0.2) is 0 Å². The molecule has 1 aromatic rings. The van der Waals surface area contributed by atoms with Gasteiger partial charge in [-0.2, -0.15) is 0 Å². The van der Waals surface area contributed by atoms with E-state index < -0.39 is 0 Å². The molecule has 0 radical (unpaired) electrons. The molecule has 0 aromatic carbocycles. The van der Waals surface area contributed by atoms with Crippen LogP contribution in [0.1, 0.15) is 19.5 Å². The normalized spacial score (nSPS) is 11.2. The SMILES string of the molecule is COC(=O)CNCC(C)(C)c1ccccn1. The molecule has 0 bridgehead atoms. The number of rotatable bonds is 5. The van der Waals surface area contributed by atoms with Crippen LogP contribution in [-0.2, 0) is 14.9 Å². The van der Waals surface area contributed by atoms with Crippen LogP contribution in [0.3, 0.4) is 0 Å². The Morgan fingerprint density at radius 1 is 1.50 bits per heavy atom. The highest BCUT2D eigenvalue weighted by Crippen LogP contribution is 2.19. The molecule has 1 N–H and O–H groups in total. The topological polar surface area (TPSA) is 51.2 Å². The Kier molecular flexibility index (Phi) is 4.43. The van der Waals surface area contributed by atoms with Gasteiger partial charge in [-0.3, -0.25) is 9.78 Å². The second-order valence-electron chi connectivity index (χ2n) is 4.28. The van der Waals surface area contributed by atoms with Crippen LogP contribution >= 0.6 is 0 Å². The van der Waals surface area contributed by atoms with E-state index >= 15 is 0 Å². The average Bonchev–Trinajstić information content (AvgIpc) is 2.30. The zero-order valence-electron chi connectivity index (χ0n) is 9.99. The lowest BCUT2D eigenvalue weighted by atomic mass is 9.89. The molecule has 4 nitrogen and oxygen atoms in total. The van der Waals surface area contributed by atoms with Crippen LogP contribution in [-0.4, -0.2) is 31.2 Å². The van der Waals surface area contributed by atoms with Crippen molar-refractivity contribution >= 4 is 5.97 Å². The molecule has 0 atom stereocenters. The van der Waals surface area contributed by atoms with Crippen LogP contribution in [0.25, 0.3) is 0 Å². The predicted molar refractivity (Wildman–Crippen MR) is 62.1 cm³/mol. The fourth-order valence-corrected chi connectivity index (χ4v) is 1.40. The lowest BCUT2D eigenvalue weighted by Crippen LogP contribution is -2.36. The molecule has 0 amide bonds. The van der Waals surface area contributed by atoms with Crippen molar-refractivity contribution in [3.8, 4) is 0 Å². The van der Waals surface area contributed by atoms with Gasteiger partial charge in [0.2, 0.25) is 0 Å². The molecule has 0 saturated heterocycles. The highest BCUT2D eigenvalue weighted by atomic mass is 16.5. The van der Waals surface area contributed by atoms with Crippen LogP contribution in [0.5, 0.6) is 0 Å². The Morgan fingerprint density at radius 3 is 2.81 bits per heavy atom. The summed E-state index contributed by atoms with van der Waals surface area (Å²) in [6.45, 7) is 5.07. The maximum absolute atomic E-state index is 10.9. The van der Waals surface area contributed by atoms with Gasteiger partial charge in [0.05, 0.1) is 13.7 Å². The van der Waals surface area contributed by atoms with Gasteiger partial charge >= 0.3 is 5.97 Å². The Hall–Kier alpha value is -1.42. The Morgan fingerprint density at radius 2 is 2.25 bits per heavy atom. The summed E-state index contributed by atoms with van der Waals surface area (Å²) in [5, 5.41) is 3.06. The molecular formula is C12H18N2O2. The summed E-state index contributed by atoms with van der Waals surface area (Å²) in [4.78, 5) is 15.2. The maximum Gasteiger partial charge on any atom is 0.319 e. The summed E-state index contributed by atoms with van der Waals surface area (Å²) in [7, 11) is 1.38. The smallest absolute Gasteiger partial charge is 0.319 e. The zero-order chi connectivity index (χ0) is 12.0.